The Labute approximate surface area is 50.3 Å². The van der Waals surface area contributed by atoms with Gasteiger partial charge < -0.3 is 5.11 Å². The van der Waals surface area contributed by atoms with E-state index in [0.29, 0.717) is 0 Å². The van der Waals surface area contributed by atoms with Crippen LogP contribution >= 0.6 is 12.4 Å². The summed E-state index contributed by atoms with van der Waals surface area (Å²) in [6.45, 7) is 3.38. The first kappa shape index (κ1) is 10.2. The number of halogens is 1. The maximum atomic E-state index is 8.72. The molecular formula is C4H12ClNO. The van der Waals surface area contributed by atoms with E-state index in [0.717, 1.165) is 0 Å². The third kappa shape index (κ3) is 10.7. The lowest BCUT2D eigenvalue weighted by Gasteiger charge is -2.13. The first-order valence-electron chi connectivity index (χ1n) is 1.97. The van der Waals surface area contributed by atoms with Crippen molar-refractivity contribution in [2.75, 3.05) is 7.05 Å². The van der Waals surface area contributed by atoms with E-state index in [1.165, 1.54) is 0 Å². The summed E-state index contributed by atoms with van der Waals surface area (Å²) in [7, 11) is 1.71. The molecule has 0 rings (SSSR count). The molecule has 3 heteroatoms. The maximum Gasteiger partial charge on any atom is 0.110 e. The van der Waals surface area contributed by atoms with Gasteiger partial charge in [-0.05, 0) is 20.9 Å². The van der Waals surface area contributed by atoms with Crippen LogP contribution in [0.15, 0.2) is 0 Å². The van der Waals surface area contributed by atoms with Crippen LogP contribution in [0.1, 0.15) is 13.8 Å². The minimum Gasteiger partial charge on any atom is -0.376 e. The van der Waals surface area contributed by atoms with E-state index in [9.17, 15) is 0 Å². The van der Waals surface area contributed by atoms with Gasteiger partial charge in [0.2, 0.25) is 0 Å². The molecule has 0 atom stereocenters. The highest BCUT2D eigenvalue weighted by Gasteiger charge is 2.04. The van der Waals surface area contributed by atoms with Crippen molar-refractivity contribution < 1.29 is 5.11 Å². The maximum absolute atomic E-state index is 8.72. The number of aliphatic hydroxyl groups is 1. The molecule has 0 aromatic heterocycles. The molecule has 2 N–H and O–H groups in total. The lowest BCUT2D eigenvalue weighted by Crippen LogP contribution is -2.35. The second-order valence-electron chi connectivity index (χ2n) is 1.81. The molecule has 0 saturated carbocycles. The molecular weight excluding hydrogens is 114 g/mol. The zero-order valence-electron chi connectivity index (χ0n) is 4.86. The Kier molecular flexibility index (Phi) is 4.75. The fraction of sp³-hybridized carbons (Fsp3) is 1.00. The van der Waals surface area contributed by atoms with Crippen molar-refractivity contribution in [3.63, 3.8) is 0 Å². The van der Waals surface area contributed by atoms with Gasteiger partial charge in [0.1, 0.15) is 5.72 Å². The van der Waals surface area contributed by atoms with E-state index in [-0.39, 0.29) is 12.4 Å². The highest BCUT2D eigenvalue weighted by atomic mass is 35.5. The average molecular weight is 126 g/mol. The standard InChI is InChI=1S/C4H11NO.ClH/c1-4(2,6)5-3;/h5-6H,1-3H3;1H. The summed E-state index contributed by atoms with van der Waals surface area (Å²) in [6.07, 6.45) is 0. The zero-order valence-corrected chi connectivity index (χ0v) is 5.67. The van der Waals surface area contributed by atoms with Crippen LogP contribution < -0.4 is 5.32 Å². The monoisotopic (exact) mass is 125 g/mol. The van der Waals surface area contributed by atoms with Gasteiger partial charge in [-0.25, -0.2) is 0 Å². The van der Waals surface area contributed by atoms with Gasteiger partial charge in [0.25, 0.3) is 0 Å². The van der Waals surface area contributed by atoms with Crippen molar-refractivity contribution in [1.82, 2.24) is 5.32 Å². The zero-order chi connectivity index (χ0) is 5.21. The summed E-state index contributed by atoms with van der Waals surface area (Å²) >= 11 is 0. The fourth-order valence-corrected chi connectivity index (χ4v) is 0. The number of rotatable bonds is 1. The fourth-order valence-electron chi connectivity index (χ4n) is 0. The van der Waals surface area contributed by atoms with Crippen LogP contribution in [0.3, 0.4) is 0 Å². The smallest absolute Gasteiger partial charge is 0.110 e. The van der Waals surface area contributed by atoms with Crippen molar-refractivity contribution in [2.45, 2.75) is 19.6 Å². The van der Waals surface area contributed by atoms with Crippen LogP contribution in [0.4, 0.5) is 0 Å². The Morgan fingerprint density at radius 2 is 1.57 bits per heavy atom. The first-order chi connectivity index (χ1) is 2.56. The second kappa shape index (κ2) is 3.24. The van der Waals surface area contributed by atoms with Crippen LogP contribution in [0.5, 0.6) is 0 Å². The number of nitrogens with one attached hydrogen (secondary N) is 1. The van der Waals surface area contributed by atoms with E-state index in [1.807, 2.05) is 0 Å². The summed E-state index contributed by atoms with van der Waals surface area (Å²) in [4.78, 5) is 0. The van der Waals surface area contributed by atoms with Crippen LogP contribution in [-0.2, 0) is 0 Å². The molecule has 0 aromatic rings. The molecule has 0 amide bonds. The van der Waals surface area contributed by atoms with Crippen molar-refractivity contribution in [3.8, 4) is 0 Å². The summed E-state index contributed by atoms with van der Waals surface area (Å²) in [5.74, 6) is 0. The van der Waals surface area contributed by atoms with Gasteiger partial charge in [-0.2, -0.15) is 0 Å². The molecule has 0 fully saturated rings. The van der Waals surface area contributed by atoms with Crippen LogP contribution in [0, 0.1) is 0 Å². The van der Waals surface area contributed by atoms with Crippen LogP contribution in [0.25, 0.3) is 0 Å². The molecule has 0 aliphatic carbocycles. The normalized spacial score (nSPS) is 10.3. The molecule has 0 saturated heterocycles. The largest absolute Gasteiger partial charge is 0.376 e. The molecule has 0 aliphatic heterocycles. The Bertz CT molecular complexity index is 41.4. The SMILES string of the molecule is CNC(C)(C)O.Cl. The van der Waals surface area contributed by atoms with Gasteiger partial charge >= 0.3 is 0 Å². The van der Waals surface area contributed by atoms with E-state index >= 15 is 0 Å². The van der Waals surface area contributed by atoms with E-state index in [2.05, 4.69) is 5.32 Å². The molecule has 0 unspecified atom stereocenters. The van der Waals surface area contributed by atoms with Gasteiger partial charge in [-0.1, -0.05) is 0 Å². The van der Waals surface area contributed by atoms with Crippen molar-refractivity contribution in [2.24, 2.45) is 0 Å². The summed E-state index contributed by atoms with van der Waals surface area (Å²) in [5, 5.41) is 11.4. The first-order valence-corrected chi connectivity index (χ1v) is 1.97. The number of hydrogen-bond donors (Lipinski definition) is 2. The van der Waals surface area contributed by atoms with Crippen LogP contribution in [0.2, 0.25) is 0 Å². The molecule has 46 valence electrons. The van der Waals surface area contributed by atoms with Gasteiger partial charge in [-0.15, -0.1) is 12.4 Å². The molecule has 0 spiro atoms. The highest BCUT2D eigenvalue weighted by molar-refractivity contribution is 5.85. The summed E-state index contributed by atoms with van der Waals surface area (Å²) < 4.78 is 0. The van der Waals surface area contributed by atoms with Gasteiger partial charge in [0, 0.05) is 0 Å². The van der Waals surface area contributed by atoms with E-state index < -0.39 is 5.72 Å². The van der Waals surface area contributed by atoms with Crippen molar-refractivity contribution in [3.05, 3.63) is 0 Å². The lowest BCUT2D eigenvalue weighted by atomic mass is 10.3. The molecule has 0 radical (unpaired) electrons. The predicted molar refractivity (Wildman–Crippen MR) is 32.6 cm³/mol. The summed E-state index contributed by atoms with van der Waals surface area (Å²) in [6, 6.07) is 0. The van der Waals surface area contributed by atoms with Crippen molar-refractivity contribution in [1.29, 1.82) is 0 Å². The molecule has 0 aromatic carbocycles. The molecule has 0 heterocycles. The quantitative estimate of drug-likeness (QED) is 0.496. The summed E-state index contributed by atoms with van der Waals surface area (Å²) in [5.41, 5.74) is -0.708. The topological polar surface area (TPSA) is 32.3 Å². The van der Waals surface area contributed by atoms with E-state index in [4.69, 9.17) is 5.11 Å². The number of hydrogen-bond acceptors (Lipinski definition) is 2. The third-order valence-corrected chi connectivity index (χ3v) is 0.612. The van der Waals surface area contributed by atoms with Gasteiger partial charge in [0.15, 0.2) is 0 Å². The predicted octanol–water partition coefficient (Wildman–Crippen LogP) is 0.356. The molecule has 0 bridgehead atoms. The molecule has 7 heavy (non-hydrogen) atoms. The minimum absolute atomic E-state index is 0. The van der Waals surface area contributed by atoms with Gasteiger partial charge in [0.05, 0.1) is 0 Å². The Hall–Kier alpha value is 0.210. The second-order valence-corrected chi connectivity index (χ2v) is 1.81. The van der Waals surface area contributed by atoms with Crippen molar-refractivity contribution >= 4 is 12.4 Å². The molecule has 0 aliphatic rings. The lowest BCUT2D eigenvalue weighted by molar-refractivity contribution is 0.0522. The third-order valence-electron chi connectivity index (χ3n) is 0.612. The minimum atomic E-state index is -0.708. The average Bonchev–Trinajstić information content (AvgIpc) is 1.35. The van der Waals surface area contributed by atoms with Crippen LogP contribution in [-0.4, -0.2) is 17.9 Å². The van der Waals surface area contributed by atoms with Gasteiger partial charge in [-0.3, -0.25) is 5.32 Å². The van der Waals surface area contributed by atoms with E-state index in [1.54, 1.807) is 20.9 Å². The highest BCUT2D eigenvalue weighted by Crippen LogP contribution is 1.88. The Morgan fingerprint density at radius 1 is 1.43 bits per heavy atom. The Morgan fingerprint density at radius 3 is 1.57 bits per heavy atom. The molecule has 2 nitrogen and oxygen atoms in total. The Balaban J connectivity index is 0.